The number of rotatable bonds is 7. The number of pyridine rings is 1. The number of Topliss-reactive ketones (excluding diaryl/α,β-unsaturated/α-hetero) is 1. The number of para-hydroxylation sites is 1. The highest BCUT2D eigenvalue weighted by Gasteiger charge is 2.27. The van der Waals surface area contributed by atoms with Crippen LogP contribution in [0.4, 0.5) is 0 Å². The van der Waals surface area contributed by atoms with Crippen molar-refractivity contribution in [3.63, 3.8) is 0 Å². The van der Waals surface area contributed by atoms with Gasteiger partial charge in [-0.1, -0.05) is 37.3 Å². The summed E-state index contributed by atoms with van der Waals surface area (Å²) in [4.78, 5) is 19.1. The zero-order valence-corrected chi connectivity index (χ0v) is 19.6. The lowest BCUT2D eigenvalue weighted by molar-refractivity contribution is 0.0981. The van der Waals surface area contributed by atoms with Crippen LogP contribution in [0.25, 0.3) is 10.9 Å². The highest BCUT2D eigenvalue weighted by Crippen LogP contribution is 2.23. The van der Waals surface area contributed by atoms with Crippen molar-refractivity contribution in [2.45, 2.75) is 37.6 Å². The molecule has 0 saturated carbocycles. The fourth-order valence-electron chi connectivity index (χ4n) is 4.17. The third-order valence-electron chi connectivity index (χ3n) is 5.98. The number of sulfonamides is 1. The molecule has 2 heterocycles. The van der Waals surface area contributed by atoms with Gasteiger partial charge in [-0.3, -0.25) is 9.69 Å². The molecule has 7 nitrogen and oxygen atoms in total. The zero-order chi connectivity index (χ0) is 23.4. The van der Waals surface area contributed by atoms with Crippen molar-refractivity contribution in [3.05, 3.63) is 65.9 Å². The molecule has 1 N–H and O–H groups in total. The van der Waals surface area contributed by atoms with Crippen molar-refractivity contribution < 1.29 is 18.3 Å². The second-order valence-electron chi connectivity index (χ2n) is 8.38. The second-order valence-corrected chi connectivity index (χ2v) is 10.3. The molecule has 3 aromatic rings. The van der Waals surface area contributed by atoms with Crippen molar-refractivity contribution in [1.82, 2.24) is 14.2 Å². The first-order chi connectivity index (χ1) is 15.9. The molecule has 0 amide bonds. The van der Waals surface area contributed by atoms with Gasteiger partial charge in [0.2, 0.25) is 10.0 Å². The molecular weight excluding hydrogens is 438 g/mol. The van der Waals surface area contributed by atoms with Crippen molar-refractivity contribution in [3.8, 4) is 5.75 Å². The fourth-order valence-corrected chi connectivity index (χ4v) is 5.64. The van der Waals surface area contributed by atoms with Gasteiger partial charge in [0.25, 0.3) is 0 Å². The number of aromatic nitrogens is 1. The Bertz CT molecular complexity index is 1240. The summed E-state index contributed by atoms with van der Waals surface area (Å²) in [5.41, 5.74) is 1.97. The summed E-state index contributed by atoms with van der Waals surface area (Å²) in [6.07, 6.45) is 1.93. The van der Waals surface area contributed by atoms with Gasteiger partial charge in [0.1, 0.15) is 11.3 Å². The third kappa shape index (κ3) is 5.24. The lowest BCUT2D eigenvalue weighted by Gasteiger charge is -2.21. The van der Waals surface area contributed by atoms with Crippen LogP contribution >= 0.6 is 0 Å². The first kappa shape index (κ1) is 23.4. The zero-order valence-electron chi connectivity index (χ0n) is 18.8. The molecule has 33 heavy (non-hydrogen) atoms. The monoisotopic (exact) mass is 467 g/mol. The van der Waals surface area contributed by atoms with Gasteiger partial charge >= 0.3 is 0 Å². The smallest absolute Gasteiger partial charge is 0.243 e. The number of carbonyl (C=O) groups excluding carboxylic acids is 1. The van der Waals surface area contributed by atoms with Crippen LogP contribution in [0, 0.1) is 0 Å². The Hall–Kier alpha value is -2.81. The Morgan fingerprint density at radius 2 is 1.79 bits per heavy atom. The standard InChI is InChI=1S/C25H29N3O4S/c1-2-5-23(29)19-9-12-22(13-10-19)33(31,32)28-15-4-14-27(16-17-28)18-21-11-8-20-6-3-7-24(30)25(20)26-21/h3,6-13,30H,2,4-5,14-18H2,1H3. The predicted octanol–water partition coefficient (Wildman–Crippen LogP) is 3.82. The van der Waals surface area contributed by atoms with E-state index in [1.165, 1.54) is 16.4 Å². The maximum atomic E-state index is 13.2. The van der Waals surface area contributed by atoms with Crippen LogP contribution in [0.2, 0.25) is 0 Å². The number of phenols is 1. The van der Waals surface area contributed by atoms with Crippen molar-refractivity contribution in [2.75, 3.05) is 26.2 Å². The van der Waals surface area contributed by atoms with E-state index in [0.29, 0.717) is 50.1 Å². The minimum absolute atomic E-state index is 0.0301. The Labute approximate surface area is 194 Å². The molecule has 1 aliphatic heterocycles. The molecule has 0 atom stereocenters. The lowest BCUT2D eigenvalue weighted by atomic mass is 10.1. The van der Waals surface area contributed by atoms with E-state index in [1.54, 1.807) is 24.3 Å². The molecule has 0 aliphatic carbocycles. The summed E-state index contributed by atoms with van der Waals surface area (Å²) in [5, 5.41) is 11.0. The van der Waals surface area contributed by atoms with Gasteiger partial charge in [0, 0.05) is 43.5 Å². The number of fused-ring (bicyclic) bond motifs is 1. The van der Waals surface area contributed by atoms with Crippen molar-refractivity contribution in [1.29, 1.82) is 0 Å². The van der Waals surface area contributed by atoms with E-state index >= 15 is 0 Å². The second kappa shape index (κ2) is 9.99. The number of aromatic hydroxyl groups is 1. The molecule has 1 saturated heterocycles. The van der Waals surface area contributed by atoms with Crippen LogP contribution in [0.1, 0.15) is 42.2 Å². The van der Waals surface area contributed by atoms with Gasteiger partial charge in [-0.15, -0.1) is 0 Å². The molecular formula is C25H29N3O4S. The quantitative estimate of drug-likeness (QED) is 0.531. The van der Waals surface area contributed by atoms with Gasteiger partial charge in [-0.25, -0.2) is 13.4 Å². The summed E-state index contributed by atoms with van der Waals surface area (Å²) >= 11 is 0. The van der Waals surface area contributed by atoms with E-state index in [9.17, 15) is 18.3 Å². The van der Waals surface area contributed by atoms with Crippen LogP contribution in [0.15, 0.2) is 59.5 Å². The molecule has 0 spiro atoms. The summed E-state index contributed by atoms with van der Waals surface area (Å²) in [6.45, 7) is 4.72. The number of hydrogen-bond donors (Lipinski definition) is 1. The number of carbonyl (C=O) groups is 1. The van der Waals surface area contributed by atoms with E-state index in [4.69, 9.17) is 0 Å². The molecule has 1 aromatic heterocycles. The number of ketones is 1. The average molecular weight is 468 g/mol. The van der Waals surface area contributed by atoms with Gasteiger partial charge < -0.3 is 5.11 Å². The number of benzene rings is 2. The summed E-state index contributed by atoms with van der Waals surface area (Å²) in [5.74, 6) is 0.187. The van der Waals surface area contributed by atoms with Gasteiger partial charge in [0.05, 0.1) is 10.6 Å². The third-order valence-corrected chi connectivity index (χ3v) is 7.89. The Morgan fingerprint density at radius 3 is 2.55 bits per heavy atom. The Kier molecular flexibility index (Phi) is 7.07. The minimum atomic E-state index is -3.62. The van der Waals surface area contributed by atoms with Crippen molar-refractivity contribution >= 4 is 26.7 Å². The summed E-state index contributed by atoms with van der Waals surface area (Å²) in [6, 6.07) is 15.5. The first-order valence-electron chi connectivity index (χ1n) is 11.3. The van der Waals surface area contributed by atoms with Crippen LogP contribution < -0.4 is 0 Å². The normalized spacial score (nSPS) is 16.0. The first-order valence-corrected chi connectivity index (χ1v) is 12.8. The van der Waals surface area contributed by atoms with Crippen LogP contribution in [0.5, 0.6) is 5.75 Å². The van der Waals surface area contributed by atoms with E-state index in [0.717, 1.165) is 24.0 Å². The van der Waals surface area contributed by atoms with Crippen LogP contribution in [-0.4, -0.2) is 59.7 Å². The maximum absolute atomic E-state index is 13.2. The number of hydrogen-bond acceptors (Lipinski definition) is 6. The molecule has 0 bridgehead atoms. The molecule has 1 aliphatic rings. The predicted molar refractivity (Wildman–Crippen MR) is 128 cm³/mol. The average Bonchev–Trinajstić information content (AvgIpc) is 3.06. The van der Waals surface area contributed by atoms with E-state index < -0.39 is 10.0 Å². The van der Waals surface area contributed by atoms with Gasteiger partial charge in [-0.2, -0.15) is 4.31 Å². The molecule has 4 rings (SSSR count). The minimum Gasteiger partial charge on any atom is -0.506 e. The number of phenolic OH excluding ortho intramolecular Hbond substituents is 1. The molecule has 174 valence electrons. The highest BCUT2D eigenvalue weighted by molar-refractivity contribution is 7.89. The largest absolute Gasteiger partial charge is 0.506 e. The fraction of sp³-hybridized carbons (Fsp3) is 0.360. The number of nitrogens with zero attached hydrogens (tertiary/aromatic N) is 3. The van der Waals surface area contributed by atoms with Crippen LogP contribution in [-0.2, 0) is 16.6 Å². The summed E-state index contributed by atoms with van der Waals surface area (Å²) in [7, 11) is -3.62. The molecule has 0 unspecified atom stereocenters. The molecule has 0 radical (unpaired) electrons. The highest BCUT2D eigenvalue weighted by atomic mass is 32.2. The maximum Gasteiger partial charge on any atom is 0.243 e. The summed E-state index contributed by atoms with van der Waals surface area (Å²) < 4.78 is 27.9. The van der Waals surface area contributed by atoms with Crippen molar-refractivity contribution in [2.24, 2.45) is 0 Å². The Morgan fingerprint density at radius 1 is 1.00 bits per heavy atom. The Balaban J connectivity index is 1.43. The van der Waals surface area contributed by atoms with Crippen LogP contribution in [0.3, 0.4) is 0 Å². The SMILES string of the molecule is CCCC(=O)c1ccc(S(=O)(=O)N2CCCN(Cc3ccc4cccc(O)c4n3)CC2)cc1. The van der Waals surface area contributed by atoms with Gasteiger partial charge in [-0.05, 0) is 43.7 Å². The molecule has 8 heteroatoms. The topological polar surface area (TPSA) is 90.8 Å². The molecule has 1 fully saturated rings. The van der Waals surface area contributed by atoms with E-state index in [-0.39, 0.29) is 16.4 Å². The van der Waals surface area contributed by atoms with E-state index in [1.807, 2.05) is 25.1 Å². The van der Waals surface area contributed by atoms with E-state index in [2.05, 4.69) is 9.88 Å². The lowest BCUT2D eigenvalue weighted by Crippen LogP contribution is -2.35. The van der Waals surface area contributed by atoms with Gasteiger partial charge in [0.15, 0.2) is 5.78 Å². The molecule has 2 aromatic carbocycles.